The Morgan fingerprint density at radius 2 is 2.16 bits per heavy atom. The normalized spacial score (nSPS) is 9.68. The zero-order chi connectivity index (χ0) is 13.8. The number of ether oxygens (including phenoxy) is 1. The molecule has 0 amide bonds. The van der Waals surface area contributed by atoms with Crippen LogP contribution in [0.15, 0.2) is 35.2 Å². The molecular weight excluding hydrogens is 316 g/mol. The smallest absolute Gasteiger partial charge is 0.332 e. The summed E-state index contributed by atoms with van der Waals surface area (Å²) in [6, 6.07) is 4.48. The molecule has 0 saturated heterocycles. The van der Waals surface area contributed by atoms with Gasteiger partial charge in [0.25, 0.3) is 5.88 Å². The van der Waals surface area contributed by atoms with Crippen LogP contribution < -0.4 is 4.74 Å². The molecule has 0 fully saturated rings. The van der Waals surface area contributed by atoms with Gasteiger partial charge in [0.2, 0.25) is 0 Å². The Morgan fingerprint density at radius 3 is 2.79 bits per heavy atom. The summed E-state index contributed by atoms with van der Waals surface area (Å²) >= 11 is 3.21. The van der Waals surface area contributed by atoms with E-state index in [-0.39, 0.29) is 17.1 Å². The van der Waals surface area contributed by atoms with Crippen molar-refractivity contribution in [2.24, 2.45) is 0 Å². The second-order valence-corrected chi connectivity index (χ2v) is 4.27. The van der Waals surface area contributed by atoms with E-state index in [0.717, 1.165) is 6.07 Å². The number of halogens is 1. The predicted molar refractivity (Wildman–Crippen MR) is 67.6 cm³/mol. The van der Waals surface area contributed by atoms with Crippen LogP contribution in [0.1, 0.15) is 5.56 Å². The lowest BCUT2D eigenvalue weighted by atomic mass is 10.3. The largest absolute Gasteiger partial charge is 0.432 e. The number of nitro groups is 1. The van der Waals surface area contributed by atoms with Crippen molar-refractivity contribution in [3.63, 3.8) is 0 Å². The molecular formula is C11H5BrN4O3. The highest BCUT2D eigenvalue weighted by Gasteiger charge is 2.18. The number of hydrogen-bond acceptors (Lipinski definition) is 6. The minimum atomic E-state index is -0.658. The van der Waals surface area contributed by atoms with Crippen LogP contribution in [0.5, 0.6) is 11.6 Å². The summed E-state index contributed by atoms with van der Waals surface area (Å²) in [5, 5.41) is 19.6. The van der Waals surface area contributed by atoms with Gasteiger partial charge in [0.15, 0.2) is 0 Å². The second kappa shape index (κ2) is 5.41. The number of nitrogens with zero attached hydrogens (tertiary/aromatic N) is 4. The highest BCUT2D eigenvalue weighted by Crippen LogP contribution is 2.30. The molecule has 0 aliphatic carbocycles. The first-order valence-electron chi connectivity index (χ1n) is 4.93. The summed E-state index contributed by atoms with van der Waals surface area (Å²) in [6.07, 6.45) is 4.15. The molecule has 2 aromatic rings. The van der Waals surface area contributed by atoms with Crippen molar-refractivity contribution < 1.29 is 9.66 Å². The molecule has 0 spiro atoms. The van der Waals surface area contributed by atoms with E-state index in [1.54, 1.807) is 18.3 Å². The zero-order valence-corrected chi connectivity index (χ0v) is 10.9. The maximum absolute atomic E-state index is 10.9. The summed E-state index contributed by atoms with van der Waals surface area (Å²) in [7, 11) is 0. The van der Waals surface area contributed by atoms with E-state index in [9.17, 15) is 10.1 Å². The third kappa shape index (κ3) is 3.02. The van der Waals surface area contributed by atoms with E-state index < -0.39 is 4.92 Å². The summed E-state index contributed by atoms with van der Waals surface area (Å²) in [6.45, 7) is 0. The average Bonchev–Trinajstić information content (AvgIpc) is 2.39. The Bertz CT molecular complexity index is 684. The maximum Gasteiger partial charge on any atom is 0.332 e. The summed E-state index contributed by atoms with van der Waals surface area (Å²) in [5.41, 5.74) is -0.287. The molecule has 7 nitrogen and oxygen atoms in total. The summed E-state index contributed by atoms with van der Waals surface area (Å²) in [5.74, 6) is 0.110. The van der Waals surface area contributed by atoms with Gasteiger partial charge in [0.05, 0.1) is 16.7 Å². The van der Waals surface area contributed by atoms with Gasteiger partial charge >= 0.3 is 5.69 Å². The van der Waals surface area contributed by atoms with Crippen LogP contribution in [-0.2, 0) is 0 Å². The standard InChI is InChI=1S/C11H5BrN4O3/c12-8-2-9(6-14-5-8)19-11-10(16(17)18)1-7(3-13)4-15-11/h1-2,4-6H. The van der Waals surface area contributed by atoms with Crippen molar-refractivity contribution >= 4 is 21.6 Å². The number of pyridine rings is 2. The highest BCUT2D eigenvalue weighted by atomic mass is 79.9. The predicted octanol–water partition coefficient (Wildman–Crippen LogP) is 2.81. The SMILES string of the molecule is N#Cc1cnc(Oc2cncc(Br)c2)c([N+](=O)[O-])c1. The van der Waals surface area contributed by atoms with Gasteiger partial charge in [-0.15, -0.1) is 0 Å². The average molecular weight is 321 g/mol. The van der Waals surface area contributed by atoms with Gasteiger partial charge in [-0.2, -0.15) is 5.26 Å². The number of aromatic nitrogens is 2. The van der Waals surface area contributed by atoms with Crippen LogP contribution in [0.4, 0.5) is 5.69 Å². The first kappa shape index (κ1) is 12.9. The molecule has 0 atom stereocenters. The topological polar surface area (TPSA) is 102 Å². The van der Waals surface area contributed by atoms with E-state index in [0.29, 0.717) is 10.2 Å². The van der Waals surface area contributed by atoms with E-state index in [2.05, 4.69) is 25.9 Å². The molecule has 8 heteroatoms. The molecule has 0 aliphatic heterocycles. The van der Waals surface area contributed by atoms with E-state index in [1.165, 1.54) is 12.4 Å². The van der Waals surface area contributed by atoms with Gasteiger partial charge in [-0.05, 0) is 22.0 Å². The van der Waals surface area contributed by atoms with Crippen LogP contribution in [0.3, 0.4) is 0 Å². The third-order valence-corrected chi connectivity index (χ3v) is 2.49. The van der Waals surface area contributed by atoms with Crippen molar-refractivity contribution in [3.05, 3.63) is 50.9 Å². The zero-order valence-electron chi connectivity index (χ0n) is 9.28. The fraction of sp³-hybridized carbons (Fsp3) is 0. The highest BCUT2D eigenvalue weighted by molar-refractivity contribution is 9.10. The summed E-state index contributed by atoms with van der Waals surface area (Å²) < 4.78 is 5.96. The van der Waals surface area contributed by atoms with Crippen LogP contribution in [0.25, 0.3) is 0 Å². The Kier molecular flexibility index (Phi) is 3.68. The molecule has 0 bridgehead atoms. The van der Waals surface area contributed by atoms with Crippen molar-refractivity contribution in [1.82, 2.24) is 9.97 Å². The fourth-order valence-corrected chi connectivity index (χ4v) is 1.61. The van der Waals surface area contributed by atoms with Crippen molar-refractivity contribution in [2.75, 3.05) is 0 Å². The van der Waals surface area contributed by atoms with Crippen LogP contribution in [0, 0.1) is 21.4 Å². The molecule has 0 aromatic carbocycles. The first-order chi connectivity index (χ1) is 9.10. The lowest BCUT2D eigenvalue weighted by molar-refractivity contribution is -0.386. The Balaban J connectivity index is 2.40. The molecule has 0 radical (unpaired) electrons. The number of rotatable bonds is 3. The molecule has 19 heavy (non-hydrogen) atoms. The third-order valence-electron chi connectivity index (χ3n) is 2.05. The molecule has 2 heterocycles. The van der Waals surface area contributed by atoms with Crippen molar-refractivity contribution in [3.8, 4) is 17.7 Å². The van der Waals surface area contributed by atoms with Crippen molar-refractivity contribution in [2.45, 2.75) is 0 Å². The minimum absolute atomic E-state index is 0.0893. The molecule has 0 aliphatic rings. The first-order valence-corrected chi connectivity index (χ1v) is 5.72. The Morgan fingerprint density at radius 1 is 1.37 bits per heavy atom. The van der Waals surface area contributed by atoms with Gasteiger partial charge in [-0.3, -0.25) is 15.1 Å². The fourth-order valence-electron chi connectivity index (χ4n) is 1.27. The van der Waals surface area contributed by atoms with Gasteiger partial charge in [-0.1, -0.05) is 0 Å². The van der Waals surface area contributed by atoms with Gasteiger partial charge < -0.3 is 4.74 Å². The van der Waals surface area contributed by atoms with E-state index in [4.69, 9.17) is 10.00 Å². The summed E-state index contributed by atoms with van der Waals surface area (Å²) in [4.78, 5) is 17.9. The minimum Gasteiger partial charge on any atom is -0.432 e. The Labute approximate surface area is 115 Å². The lowest BCUT2D eigenvalue weighted by Crippen LogP contribution is -1.97. The van der Waals surface area contributed by atoms with Gasteiger partial charge in [0.1, 0.15) is 11.8 Å². The molecule has 0 unspecified atom stereocenters. The van der Waals surface area contributed by atoms with Gasteiger partial charge in [0, 0.05) is 22.9 Å². The number of nitriles is 1. The van der Waals surface area contributed by atoms with E-state index in [1.807, 2.05) is 0 Å². The quantitative estimate of drug-likeness (QED) is 0.636. The Hall–Kier alpha value is -2.53. The van der Waals surface area contributed by atoms with Crippen LogP contribution >= 0.6 is 15.9 Å². The van der Waals surface area contributed by atoms with Crippen LogP contribution in [-0.4, -0.2) is 14.9 Å². The van der Waals surface area contributed by atoms with E-state index >= 15 is 0 Å². The molecule has 2 aromatic heterocycles. The number of hydrogen-bond donors (Lipinski definition) is 0. The van der Waals surface area contributed by atoms with Crippen LogP contribution in [0.2, 0.25) is 0 Å². The second-order valence-electron chi connectivity index (χ2n) is 3.36. The lowest BCUT2D eigenvalue weighted by Gasteiger charge is -2.04. The molecule has 94 valence electrons. The monoisotopic (exact) mass is 320 g/mol. The maximum atomic E-state index is 10.9. The molecule has 0 N–H and O–H groups in total. The van der Waals surface area contributed by atoms with Crippen molar-refractivity contribution in [1.29, 1.82) is 5.26 Å². The molecule has 0 saturated carbocycles. The molecule has 2 rings (SSSR count). The van der Waals surface area contributed by atoms with Gasteiger partial charge in [-0.25, -0.2) is 4.98 Å².